The Morgan fingerprint density at radius 1 is 1.56 bits per heavy atom. The van der Waals surface area contributed by atoms with E-state index in [-0.39, 0.29) is 18.3 Å². The quantitative estimate of drug-likeness (QED) is 0.594. The number of alkyl halides is 1. The second kappa shape index (κ2) is 5.99. The van der Waals surface area contributed by atoms with Gasteiger partial charge >= 0.3 is 0 Å². The van der Waals surface area contributed by atoms with Gasteiger partial charge in [0.1, 0.15) is 18.2 Å². The minimum atomic E-state index is -0.326. The number of ether oxygens (including phenoxy) is 1. The van der Waals surface area contributed by atoms with Crippen LogP contribution < -0.4 is 9.64 Å². The normalized spacial score (nSPS) is 9.31. The maximum Gasteiger partial charge on any atom is 0.242 e. The predicted octanol–water partition coefficient (Wildman–Crippen LogP) is 1.79. The van der Waals surface area contributed by atoms with Crippen molar-refractivity contribution < 1.29 is 9.53 Å². The molecule has 0 N–H and O–H groups in total. The van der Waals surface area contributed by atoms with Gasteiger partial charge in [0.15, 0.2) is 0 Å². The molecule has 0 saturated carbocycles. The summed E-state index contributed by atoms with van der Waals surface area (Å²) in [6, 6.07) is 8.91. The summed E-state index contributed by atoms with van der Waals surface area (Å²) in [6.45, 7) is -0.0497. The van der Waals surface area contributed by atoms with E-state index in [2.05, 4.69) is 0 Å². The number of anilines is 1. The third-order valence-electron chi connectivity index (χ3n) is 2.02. The molecule has 0 aromatic heterocycles. The summed E-state index contributed by atoms with van der Waals surface area (Å²) in [7, 11) is 1.51. The third kappa shape index (κ3) is 2.65. The number of rotatable bonds is 4. The number of nitrogens with zero attached hydrogens (tertiary/aromatic N) is 2. The van der Waals surface area contributed by atoms with E-state index in [4.69, 9.17) is 21.6 Å². The third-order valence-corrected chi connectivity index (χ3v) is 2.25. The van der Waals surface area contributed by atoms with Gasteiger partial charge in [0.05, 0.1) is 18.9 Å². The number of hydrogen-bond acceptors (Lipinski definition) is 3. The van der Waals surface area contributed by atoms with E-state index in [1.165, 1.54) is 12.0 Å². The van der Waals surface area contributed by atoms with Crippen molar-refractivity contribution in [1.82, 2.24) is 0 Å². The first-order valence-corrected chi connectivity index (χ1v) is 5.14. The molecule has 0 unspecified atom stereocenters. The van der Waals surface area contributed by atoms with Crippen molar-refractivity contribution in [1.29, 1.82) is 5.26 Å². The fraction of sp³-hybridized carbons (Fsp3) is 0.273. The molecule has 0 aliphatic heterocycles. The molecule has 0 spiro atoms. The van der Waals surface area contributed by atoms with Gasteiger partial charge in [0.2, 0.25) is 5.91 Å². The molecule has 1 aromatic carbocycles. The molecule has 5 heteroatoms. The van der Waals surface area contributed by atoms with Crippen LogP contribution >= 0.6 is 11.6 Å². The fourth-order valence-electron chi connectivity index (χ4n) is 1.30. The predicted molar refractivity (Wildman–Crippen MR) is 61.7 cm³/mol. The molecule has 0 saturated heterocycles. The van der Waals surface area contributed by atoms with Gasteiger partial charge in [-0.15, -0.1) is 11.6 Å². The van der Waals surface area contributed by atoms with Crippen LogP contribution in [0.3, 0.4) is 0 Å². The van der Waals surface area contributed by atoms with Crippen LogP contribution in [-0.4, -0.2) is 25.4 Å². The van der Waals surface area contributed by atoms with Gasteiger partial charge in [-0.3, -0.25) is 9.69 Å². The minimum Gasteiger partial charge on any atom is -0.495 e. The van der Waals surface area contributed by atoms with Gasteiger partial charge in [-0.25, -0.2) is 0 Å². The summed E-state index contributed by atoms with van der Waals surface area (Å²) in [5.41, 5.74) is 0.553. The van der Waals surface area contributed by atoms with Crippen LogP contribution in [0.4, 0.5) is 5.69 Å². The Labute approximate surface area is 99.0 Å². The molecule has 0 radical (unpaired) electrons. The number of carbonyl (C=O) groups excluding carboxylic acids is 1. The second-order valence-corrected chi connectivity index (χ2v) is 3.21. The Hall–Kier alpha value is -1.73. The van der Waals surface area contributed by atoms with Gasteiger partial charge in [-0.05, 0) is 12.1 Å². The van der Waals surface area contributed by atoms with E-state index in [1.54, 1.807) is 24.3 Å². The van der Waals surface area contributed by atoms with E-state index in [0.29, 0.717) is 11.4 Å². The lowest BCUT2D eigenvalue weighted by molar-refractivity contribution is -0.116. The molecular weight excluding hydrogens is 228 g/mol. The highest BCUT2D eigenvalue weighted by Gasteiger charge is 2.17. The van der Waals surface area contributed by atoms with Crippen LogP contribution in [0.15, 0.2) is 24.3 Å². The fourth-order valence-corrected chi connectivity index (χ4v) is 1.45. The first kappa shape index (κ1) is 12.3. The number of amides is 1. The molecule has 0 atom stereocenters. The first-order chi connectivity index (χ1) is 7.74. The molecular formula is C11H11ClN2O2. The summed E-state index contributed by atoms with van der Waals surface area (Å²) < 4.78 is 5.12. The van der Waals surface area contributed by atoms with Crippen LogP contribution in [0.5, 0.6) is 5.75 Å². The van der Waals surface area contributed by atoms with Crippen LogP contribution in [0.2, 0.25) is 0 Å². The highest BCUT2D eigenvalue weighted by atomic mass is 35.5. The molecule has 1 rings (SSSR count). The Bertz CT molecular complexity index is 415. The number of nitriles is 1. The number of para-hydroxylation sites is 2. The monoisotopic (exact) mass is 238 g/mol. The Morgan fingerprint density at radius 3 is 2.81 bits per heavy atom. The van der Waals surface area contributed by atoms with E-state index in [1.807, 2.05) is 6.07 Å². The highest BCUT2D eigenvalue weighted by Crippen LogP contribution is 2.27. The number of halogens is 1. The zero-order chi connectivity index (χ0) is 12.0. The van der Waals surface area contributed by atoms with Gasteiger partial charge in [0, 0.05) is 0 Å². The SMILES string of the molecule is COc1ccccc1N(CC#N)C(=O)CCl. The van der Waals surface area contributed by atoms with Crippen molar-refractivity contribution in [2.45, 2.75) is 0 Å². The molecule has 1 amide bonds. The average molecular weight is 239 g/mol. The minimum absolute atomic E-state index is 0.0497. The lowest BCUT2D eigenvalue weighted by Gasteiger charge is -2.20. The topological polar surface area (TPSA) is 53.3 Å². The van der Waals surface area contributed by atoms with Crippen molar-refractivity contribution in [2.24, 2.45) is 0 Å². The smallest absolute Gasteiger partial charge is 0.242 e. The summed E-state index contributed by atoms with van der Waals surface area (Å²) in [5, 5.41) is 8.68. The van der Waals surface area contributed by atoms with Crippen LogP contribution in [0.25, 0.3) is 0 Å². The first-order valence-electron chi connectivity index (χ1n) is 4.61. The number of methoxy groups -OCH3 is 1. The highest BCUT2D eigenvalue weighted by molar-refractivity contribution is 6.29. The maximum absolute atomic E-state index is 11.6. The zero-order valence-corrected chi connectivity index (χ0v) is 9.57. The molecule has 84 valence electrons. The molecule has 16 heavy (non-hydrogen) atoms. The number of benzene rings is 1. The Balaban J connectivity index is 3.10. The standard InChI is InChI=1S/C11H11ClN2O2/c1-16-10-5-3-2-4-9(10)14(7-6-13)11(15)8-12/h2-5H,7-8H2,1H3. The van der Waals surface area contributed by atoms with Crippen molar-refractivity contribution >= 4 is 23.2 Å². The lowest BCUT2D eigenvalue weighted by Crippen LogP contribution is -2.32. The van der Waals surface area contributed by atoms with Crippen LogP contribution in [0.1, 0.15) is 0 Å². The summed E-state index contributed by atoms with van der Waals surface area (Å²) in [6.07, 6.45) is 0. The van der Waals surface area contributed by atoms with Crippen LogP contribution in [-0.2, 0) is 4.79 Å². The molecule has 0 aliphatic rings. The summed E-state index contributed by atoms with van der Waals surface area (Å²) in [5.74, 6) is 0.0450. The van der Waals surface area contributed by atoms with E-state index in [9.17, 15) is 4.79 Å². The van der Waals surface area contributed by atoms with Crippen molar-refractivity contribution in [3.63, 3.8) is 0 Å². The van der Waals surface area contributed by atoms with E-state index < -0.39 is 0 Å². The van der Waals surface area contributed by atoms with Crippen LogP contribution in [0, 0.1) is 11.3 Å². The average Bonchev–Trinajstić information content (AvgIpc) is 2.35. The zero-order valence-electron chi connectivity index (χ0n) is 8.81. The largest absolute Gasteiger partial charge is 0.495 e. The molecule has 0 fully saturated rings. The molecule has 1 aromatic rings. The Morgan fingerprint density at radius 2 is 2.25 bits per heavy atom. The molecule has 4 nitrogen and oxygen atoms in total. The van der Waals surface area contributed by atoms with Crippen molar-refractivity contribution in [3.05, 3.63) is 24.3 Å². The number of carbonyl (C=O) groups is 1. The van der Waals surface area contributed by atoms with Gasteiger partial charge < -0.3 is 4.74 Å². The molecule has 0 aliphatic carbocycles. The van der Waals surface area contributed by atoms with E-state index >= 15 is 0 Å². The maximum atomic E-state index is 11.6. The molecule has 0 bridgehead atoms. The van der Waals surface area contributed by atoms with E-state index in [0.717, 1.165) is 0 Å². The second-order valence-electron chi connectivity index (χ2n) is 2.94. The number of hydrogen-bond donors (Lipinski definition) is 0. The van der Waals surface area contributed by atoms with Gasteiger partial charge in [-0.2, -0.15) is 5.26 Å². The van der Waals surface area contributed by atoms with Crippen molar-refractivity contribution in [2.75, 3.05) is 24.4 Å². The van der Waals surface area contributed by atoms with Crippen molar-refractivity contribution in [3.8, 4) is 11.8 Å². The lowest BCUT2D eigenvalue weighted by atomic mass is 10.2. The molecule has 0 heterocycles. The van der Waals surface area contributed by atoms with Gasteiger partial charge in [0.25, 0.3) is 0 Å². The summed E-state index contributed by atoms with van der Waals surface area (Å²) in [4.78, 5) is 12.9. The Kier molecular flexibility index (Phi) is 4.62. The van der Waals surface area contributed by atoms with Gasteiger partial charge in [-0.1, -0.05) is 12.1 Å². The summed E-state index contributed by atoms with van der Waals surface area (Å²) >= 11 is 5.49.